The van der Waals surface area contributed by atoms with Crippen LogP contribution in [0.5, 0.6) is 0 Å². The van der Waals surface area contributed by atoms with E-state index in [1.54, 1.807) is 11.3 Å². The van der Waals surface area contributed by atoms with E-state index < -0.39 is 0 Å². The van der Waals surface area contributed by atoms with Crippen LogP contribution >= 0.6 is 11.3 Å². The van der Waals surface area contributed by atoms with Crippen LogP contribution < -0.4 is 5.32 Å². The standard InChI is InChI=1S/C15H20N2S/c1-3-12-7-5-6-8-13(12)11-17-14(4-2)15-16-9-10-18-15/h5-10,14,17H,3-4,11H2,1-2H3. The van der Waals surface area contributed by atoms with Crippen molar-refractivity contribution in [1.29, 1.82) is 0 Å². The molecule has 3 heteroatoms. The number of benzene rings is 1. The summed E-state index contributed by atoms with van der Waals surface area (Å²) in [6.07, 6.45) is 4.04. The summed E-state index contributed by atoms with van der Waals surface area (Å²) in [5.41, 5.74) is 2.83. The number of hydrogen-bond donors (Lipinski definition) is 1. The molecule has 0 aliphatic carbocycles. The van der Waals surface area contributed by atoms with Gasteiger partial charge in [-0.2, -0.15) is 0 Å². The third-order valence-electron chi connectivity index (χ3n) is 3.20. The predicted octanol–water partition coefficient (Wildman–Crippen LogP) is 3.95. The molecule has 0 spiro atoms. The Bertz CT molecular complexity index is 465. The molecule has 1 unspecified atom stereocenters. The Morgan fingerprint density at radius 1 is 1.22 bits per heavy atom. The molecule has 0 bridgehead atoms. The zero-order valence-corrected chi connectivity index (χ0v) is 11.8. The van der Waals surface area contributed by atoms with Gasteiger partial charge < -0.3 is 5.32 Å². The van der Waals surface area contributed by atoms with Gasteiger partial charge in [-0.1, -0.05) is 38.1 Å². The first kappa shape index (κ1) is 13.2. The lowest BCUT2D eigenvalue weighted by Gasteiger charge is -2.16. The number of nitrogens with one attached hydrogen (secondary N) is 1. The van der Waals surface area contributed by atoms with Gasteiger partial charge in [0.1, 0.15) is 5.01 Å². The van der Waals surface area contributed by atoms with Crippen molar-refractivity contribution < 1.29 is 0 Å². The molecule has 0 radical (unpaired) electrons. The van der Waals surface area contributed by atoms with Gasteiger partial charge >= 0.3 is 0 Å². The Kier molecular flexibility index (Phi) is 4.90. The van der Waals surface area contributed by atoms with E-state index >= 15 is 0 Å². The van der Waals surface area contributed by atoms with Crippen LogP contribution in [-0.4, -0.2) is 4.98 Å². The van der Waals surface area contributed by atoms with Gasteiger partial charge in [0.05, 0.1) is 6.04 Å². The summed E-state index contributed by atoms with van der Waals surface area (Å²) in [4.78, 5) is 4.40. The second-order valence-electron chi connectivity index (χ2n) is 4.33. The highest BCUT2D eigenvalue weighted by Crippen LogP contribution is 2.20. The Balaban J connectivity index is 2.02. The molecule has 2 aromatic rings. The quantitative estimate of drug-likeness (QED) is 0.850. The molecule has 0 fully saturated rings. The zero-order chi connectivity index (χ0) is 12.8. The van der Waals surface area contributed by atoms with Crippen molar-refractivity contribution >= 4 is 11.3 Å². The molecule has 1 atom stereocenters. The van der Waals surface area contributed by atoms with E-state index in [-0.39, 0.29) is 0 Å². The van der Waals surface area contributed by atoms with Crippen LogP contribution in [0.25, 0.3) is 0 Å². The Labute approximate surface area is 113 Å². The van der Waals surface area contributed by atoms with Crippen molar-refractivity contribution in [3.8, 4) is 0 Å². The van der Waals surface area contributed by atoms with Crippen LogP contribution in [0.1, 0.15) is 42.4 Å². The number of aryl methyl sites for hydroxylation is 1. The van der Waals surface area contributed by atoms with Gasteiger partial charge in [0.25, 0.3) is 0 Å². The highest BCUT2D eigenvalue weighted by Gasteiger charge is 2.11. The van der Waals surface area contributed by atoms with E-state index in [0.29, 0.717) is 6.04 Å². The third-order valence-corrected chi connectivity index (χ3v) is 4.09. The minimum atomic E-state index is 0.370. The van der Waals surface area contributed by atoms with Gasteiger partial charge in [0, 0.05) is 18.1 Å². The van der Waals surface area contributed by atoms with E-state index in [0.717, 1.165) is 19.4 Å². The van der Waals surface area contributed by atoms with E-state index in [2.05, 4.69) is 48.4 Å². The average Bonchev–Trinajstić information content (AvgIpc) is 2.94. The van der Waals surface area contributed by atoms with Crippen molar-refractivity contribution in [3.05, 3.63) is 52.0 Å². The summed E-state index contributed by atoms with van der Waals surface area (Å²) >= 11 is 1.73. The van der Waals surface area contributed by atoms with Crippen LogP contribution in [0.4, 0.5) is 0 Å². The SMILES string of the molecule is CCc1ccccc1CNC(CC)c1nccs1. The normalized spacial score (nSPS) is 12.6. The van der Waals surface area contributed by atoms with Crippen LogP contribution in [-0.2, 0) is 13.0 Å². The summed E-state index contributed by atoms with van der Waals surface area (Å²) in [6.45, 7) is 5.32. The van der Waals surface area contributed by atoms with Crippen molar-refractivity contribution in [2.24, 2.45) is 0 Å². The van der Waals surface area contributed by atoms with Crippen LogP contribution in [0, 0.1) is 0 Å². The van der Waals surface area contributed by atoms with Crippen molar-refractivity contribution in [3.63, 3.8) is 0 Å². The van der Waals surface area contributed by atoms with Gasteiger partial charge in [-0.05, 0) is 24.0 Å². The van der Waals surface area contributed by atoms with Crippen molar-refractivity contribution in [2.45, 2.75) is 39.3 Å². The molecule has 0 amide bonds. The maximum atomic E-state index is 4.40. The van der Waals surface area contributed by atoms with Gasteiger partial charge in [0.15, 0.2) is 0 Å². The predicted molar refractivity (Wildman–Crippen MR) is 77.8 cm³/mol. The Morgan fingerprint density at radius 3 is 2.61 bits per heavy atom. The third kappa shape index (κ3) is 3.18. The maximum Gasteiger partial charge on any atom is 0.109 e. The second-order valence-corrected chi connectivity index (χ2v) is 5.26. The van der Waals surface area contributed by atoms with E-state index in [9.17, 15) is 0 Å². The molecule has 96 valence electrons. The summed E-state index contributed by atoms with van der Waals surface area (Å²) in [5, 5.41) is 6.84. The number of rotatable bonds is 6. The molecule has 0 aliphatic rings. The first-order valence-corrected chi connectivity index (χ1v) is 7.42. The molecular formula is C15H20N2S. The largest absolute Gasteiger partial charge is 0.304 e. The van der Waals surface area contributed by atoms with Crippen LogP contribution in [0.15, 0.2) is 35.8 Å². The first-order chi connectivity index (χ1) is 8.85. The smallest absolute Gasteiger partial charge is 0.109 e. The topological polar surface area (TPSA) is 24.9 Å². The fraction of sp³-hybridized carbons (Fsp3) is 0.400. The number of nitrogens with zero attached hydrogens (tertiary/aromatic N) is 1. The average molecular weight is 260 g/mol. The molecule has 18 heavy (non-hydrogen) atoms. The molecule has 1 N–H and O–H groups in total. The van der Waals surface area contributed by atoms with E-state index in [4.69, 9.17) is 0 Å². The monoisotopic (exact) mass is 260 g/mol. The molecule has 0 saturated heterocycles. The Hall–Kier alpha value is -1.19. The fourth-order valence-electron chi connectivity index (χ4n) is 2.12. The molecular weight excluding hydrogens is 240 g/mol. The molecule has 0 saturated carbocycles. The molecule has 1 heterocycles. The molecule has 2 rings (SSSR count). The minimum Gasteiger partial charge on any atom is -0.304 e. The van der Waals surface area contributed by atoms with Gasteiger partial charge in [-0.15, -0.1) is 11.3 Å². The summed E-state index contributed by atoms with van der Waals surface area (Å²) in [6, 6.07) is 9.01. The second kappa shape index (κ2) is 6.66. The van der Waals surface area contributed by atoms with Gasteiger partial charge in [0.2, 0.25) is 0 Å². The zero-order valence-electron chi connectivity index (χ0n) is 11.0. The summed E-state index contributed by atoms with van der Waals surface area (Å²) in [7, 11) is 0. The number of aromatic nitrogens is 1. The van der Waals surface area contributed by atoms with Crippen LogP contribution in [0.2, 0.25) is 0 Å². The van der Waals surface area contributed by atoms with E-state index in [1.165, 1.54) is 16.1 Å². The lowest BCUT2D eigenvalue weighted by Crippen LogP contribution is -2.20. The molecule has 1 aromatic carbocycles. The van der Waals surface area contributed by atoms with Crippen LogP contribution in [0.3, 0.4) is 0 Å². The summed E-state index contributed by atoms with van der Waals surface area (Å²) in [5.74, 6) is 0. The first-order valence-electron chi connectivity index (χ1n) is 6.54. The highest BCUT2D eigenvalue weighted by molar-refractivity contribution is 7.09. The van der Waals surface area contributed by atoms with Gasteiger partial charge in [-0.3, -0.25) is 0 Å². The van der Waals surface area contributed by atoms with Crippen molar-refractivity contribution in [2.75, 3.05) is 0 Å². The molecule has 0 aliphatic heterocycles. The fourth-order valence-corrected chi connectivity index (χ4v) is 2.92. The highest BCUT2D eigenvalue weighted by atomic mass is 32.1. The molecule has 2 nitrogen and oxygen atoms in total. The maximum absolute atomic E-state index is 4.40. The molecule has 1 aromatic heterocycles. The minimum absolute atomic E-state index is 0.370. The van der Waals surface area contributed by atoms with E-state index in [1.807, 2.05) is 11.6 Å². The van der Waals surface area contributed by atoms with Gasteiger partial charge in [-0.25, -0.2) is 4.98 Å². The lowest BCUT2D eigenvalue weighted by molar-refractivity contribution is 0.515. The van der Waals surface area contributed by atoms with Crippen molar-refractivity contribution in [1.82, 2.24) is 10.3 Å². The number of thiazole rings is 1. The Morgan fingerprint density at radius 2 is 2.00 bits per heavy atom. The lowest BCUT2D eigenvalue weighted by atomic mass is 10.0. The summed E-state index contributed by atoms with van der Waals surface area (Å²) < 4.78 is 0. The number of hydrogen-bond acceptors (Lipinski definition) is 3.